The maximum absolute atomic E-state index is 12.6. The summed E-state index contributed by atoms with van der Waals surface area (Å²) in [6.07, 6.45) is 0.727. The van der Waals surface area contributed by atoms with Gasteiger partial charge in [0.25, 0.3) is 11.3 Å². The van der Waals surface area contributed by atoms with Crippen molar-refractivity contribution in [2.24, 2.45) is 7.05 Å². The Morgan fingerprint density at radius 2 is 2.20 bits per heavy atom. The number of tetrazole rings is 1. The number of aryl methyl sites for hydroxylation is 1. The Balaban J connectivity index is 2.19. The molecule has 0 fully saturated rings. The molecule has 0 saturated heterocycles. The van der Waals surface area contributed by atoms with Crippen LogP contribution >= 0.6 is 11.3 Å². The molecule has 0 radical (unpaired) electrons. The predicted octanol–water partition coefficient (Wildman–Crippen LogP) is 0.889. The first-order chi connectivity index (χ1) is 9.48. The summed E-state index contributed by atoms with van der Waals surface area (Å²) < 4.78 is 8.96. The molecular formula is C12H13N5O2S. The van der Waals surface area contributed by atoms with Crippen LogP contribution in [0.1, 0.15) is 24.3 Å². The molecule has 1 aliphatic rings. The van der Waals surface area contributed by atoms with Crippen molar-refractivity contribution in [2.75, 3.05) is 0 Å². The lowest BCUT2D eigenvalue weighted by Crippen LogP contribution is -2.32. The number of thiophene rings is 1. The van der Waals surface area contributed by atoms with Crippen LogP contribution in [0.5, 0.6) is 0 Å². The number of ether oxygens (including phenoxy) is 1. The first-order valence-electron chi connectivity index (χ1n) is 6.33. The Bertz CT molecular complexity index is 904. The molecule has 0 aromatic carbocycles. The van der Waals surface area contributed by atoms with Crippen LogP contribution in [0.3, 0.4) is 0 Å². The minimum Gasteiger partial charge on any atom is -0.370 e. The summed E-state index contributed by atoms with van der Waals surface area (Å²) in [5.74, 6) is 0.460. The van der Waals surface area contributed by atoms with E-state index in [1.807, 2.05) is 13.8 Å². The molecule has 0 saturated carbocycles. The first kappa shape index (κ1) is 12.0. The molecule has 3 aromatic rings. The number of hydrogen-bond acceptors (Lipinski definition) is 6. The van der Waals surface area contributed by atoms with Crippen molar-refractivity contribution in [3.8, 4) is 0 Å². The lowest BCUT2D eigenvalue weighted by Gasteiger charge is -2.29. The van der Waals surface area contributed by atoms with Crippen LogP contribution in [0.15, 0.2) is 4.79 Å². The van der Waals surface area contributed by atoms with Crippen molar-refractivity contribution in [1.82, 2.24) is 24.6 Å². The average Bonchev–Trinajstić information content (AvgIpc) is 2.98. The molecule has 0 unspecified atom stereocenters. The van der Waals surface area contributed by atoms with Crippen LogP contribution in [-0.4, -0.2) is 30.2 Å². The van der Waals surface area contributed by atoms with E-state index in [2.05, 4.69) is 15.5 Å². The third-order valence-corrected chi connectivity index (χ3v) is 4.91. The van der Waals surface area contributed by atoms with Crippen molar-refractivity contribution >= 4 is 27.3 Å². The van der Waals surface area contributed by atoms with Crippen LogP contribution in [-0.2, 0) is 24.8 Å². The van der Waals surface area contributed by atoms with E-state index < -0.39 is 0 Å². The fourth-order valence-electron chi connectivity index (χ4n) is 2.69. The second-order valence-electron chi connectivity index (χ2n) is 5.66. The molecule has 0 atom stereocenters. The highest BCUT2D eigenvalue weighted by Gasteiger charge is 2.31. The van der Waals surface area contributed by atoms with Gasteiger partial charge in [-0.05, 0) is 29.8 Å². The summed E-state index contributed by atoms with van der Waals surface area (Å²) in [5, 5.41) is 12.3. The third-order valence-electron chi connectivity index (χ3n) is 3.73. The first-order valence-corrected chi connectivity index (χ1v) is 7.15. The fourth-order valence-corrected chi connectivity index (χ4v) is 3.86. The van der Waals surface area contributed by atoms with Gasteiger partial charge in [-0.15, -0.1) is 11.3 Å². The van der Waals surface area contributed by atoms with Crippen LogP contribution in [0, 0.1) is 0 Å². The van der Waals surface area contributed by atoms with E-state index in [0.29, 0.717) is 12.4 Å². The van der Waals surface area contributed by atoms with Gasteiger partial charge in [-0.2, -0.15) is 4.52 Å². The smallest absolute Gasteiger partial charge is 0.263 e. The van der Waals surface area contributed by atoms with E-state index in [1.165, 1.54) is 15.9 Å². The molecule has 4 heterocycles. The zero-order valence-electron chi connectivity index (χ0n) is 11.4. The van der Waals surface area contributed by atoms with Gasteiger partial charge in [-0.1, -0.05) is 5.10 Å². The van der Waals surface area contributed by atoms with Gasteiger partial charge < -0.3 is 4.74 Å². The lowest BCUT2D eigenvalue weighted by molar-refractivity contribution is -0.0379. The summed E-state index contributed by atoms with van der Waals surface area (Å²) in [6.45, 7) is 4.62. The lowest BCUT2D eigenvalue weighted by atomic mass is 9.94. The molecular weight excluding hydrogens is 278 g/mol. The van der Waals surface area contributed by atoms with Crippen LogP contribution in [0.4, 0.5) is 0 Å². The summed E-state index contributed by atoms with van der Waals surface area (Å²) in [5.41, 5.74) is 0.790. The molecule has 3 aromatic heterocycles. The van der Waals surface area contributed by atoms with E-state index >= 15 is 0 Å². The Morgan fingerprint density at radius 1 is 1.40 bits per heavy atom. The van der Waals surface area contributed by atoms with Gasteiger partial charge in [0, 0.05) is 18.3 Å². The third kappa shape index (κ3) is 1.43. The molecule has 20 heavy (non-hydrogen) atoms. The summed E-state index contributed by atoms with van der Waals surface area (Å²) in [6, 6.07) is 0. The predicted molar refractivity (Wildman–Crippen MR) is 74.0 cm³/mol. The Kier molecular flexibility index (Phi) is 2.18. The molecule has 8 heteroatoms. The second kappa shape index (κ2) is 3.64. The Hall–Kier alpha value is -1.80. The summed E-state index contributed by atoms with van der Waals surface area (Å²) >= 11 is 1.54. The molecule has 0 N–H and O–H groups in total. The molecule has 4 rings (SSSR count). The Labute approximate surface area is 117 Å². The molecule has 7 nitrogen and oxygen atoms in total. The number of aromatic nitrogens is 5. The monoisotopic (exact) mass is 291 g/mol. The van der Waals surface area contributed by atoms with E-state index in [9.17, 15) is 4.79 Å². The maximum Gasteiger partial charge on any atom is 0.263 e. The zero-order valence-corrected chi connectivity index (χ0v) is 12.2. The Morgan fingerprint density at radius 3 is 3.00 bits per heavy atom. The van der Waals surface area contributed by atoms with Gasteiger partial charge in [0.2, 0.25) is 0 Å². The van der Waals surface area contributed by atoms with Crippen LogP contribution in [0.25, 0.3) is 16.0 Å². The highest BCUT2D eigenvalue weighted by atomic mass is 32.1. The fraction of sp³-hybridized carbons (Fsp3) is 0.500. The van der Waals surface area contributed by atoms with Crippen molar-refractivity contribution in [2.45, 2.75) is 32.5 Å². The molecule has 0 amide bonds. The van der Waals surface area contributed by atoms with Gasteiger partial charge in [0.05, 0.1) is 17.6 Å². The van der Waals surface area contributed by atoms with Crippen molar-refractivity contribution in [1.29, 1.82) is 0 Å². The molecule has 104 valence electrons. The van der Waals surface area contributed by atoms with Crippen molar-refractivity contribution in [3.05, 3.63) is 20.8 Å². The average molecular weight is 291 g/mol. The van der Waals surface area contributed by atoms with E-state index in [-0.39, 0.29) is 11.2 Å². The minimum atomic E-state index is -0.248. The maximum atomic E-state index is 12.6. The van der Waals surface area contributed by atoms with Crippen molar-refractivity contribution < 1.29 is 4.74 Å². The molecule has 0 bridgehead atoms. The summed E-state index contributed by atoms with van der Waals surface area (Å²) in [4.78, 5) is 14.5. The molecule has 0 aliphatic carbocycles. The second-order valence-corrected chi connectivity index (χ2v) is 6.75. The van der Waals surface area contributed by atoms with Crippen LogP contribution < -0.4 is 5.56 Å². The van der Waals surface area contributed by atoms with E-state index in [1.54, 1.807) is 11.6 Å². The van der Waals surface area contributed by atoms with Gasteiger partial charge in [-0.3, -0.25) is 9.36 Å². The van der Waals surface area contributed by atoms with Gasteiger partial charge >= 0.3 is 0 Å². The standard InChI is InChI=1S/C12H13N5O2S/c1-12(2)4-6-7(5-19-12)20-10-8(6)9(18)16(3)11-13-14-15-17(10)11/h4-5H2,1-3H3. The van der Waals surface area contributed by atoms with Gasteiger partial charge in [0.1, 0.15) is 4.83 Å². The SMILES string of the molecule is Cn1c(=O)c2c3c(sc2n2nnnc12)COC(C)(C)C3. The zero-order chi connectivity index (χ0) is 14.1. The normalized spacial score (nSPS) is 17.8. The van der Waals surface area contributed by atoms with Gasteiger partial charge in [-0.25, -0.2) is 0 Å². The summed E-state index contributed by atoms with van der Waals surface area (Å²) in [7, 11) is 1.70. The number of nitrogens with zero attached hydrogens (tertiary/aromatic N) is 5. The highest BCUT2D eigenvalue weighted by molar-refractivity contribution is 7.18. The minimum absolute atomic E-state index is 0.0440. The quantitative estimate of drug-likeness (QED) is 0.615. The van der Waals surface area contributed by atoms with Crippen molar-refractivity contribution in [3.63, 3.8) is 0 Å². The topological polar surface area (TPSA) is 74.3 Å². The number of fused-ring (bicyclic) bond motifs is 5. The largest absolute Gasteiger partial charge is 0.370 e. The highest BCUT2D eigenvalue weighted by Crippen LogP contribution is 2.37. The van der Waals surface area contributed by atoms with Crippen LogP contribution in [0.2, 0.25) is 0 Å². The number of rotatable bonds is 0. The molecule has 1 aliphatic heterocycles. The van der Waals surface area contributed by atoms with Gasteiger partial charge in [0.15, 0.2) is 0 Å². The number of hydrogen-bond donors (Lipinski definition) is 0. The van der Waals surface area contributed by atoms with E-state index in [4.69, 9.17) is 4.74 Å². The molecule has 0 spiro atoms. The van der Waals surface area contributed by atoms with E-state index in [0.717, 1.165) is 27.1 Å².